The number of thioether (sulfide) groups is 1. The highest BCUT2D eigenvalue weighted by molar-refractivity contribution is 7.98. The van der Waals surface area contributed by atoms with E-state index in [1.165, 1.54) is 23.2 Å². The van der Waals surface area contributed by atoms with Crippen LogP contribution >= 0.6 is 11.8 Å². The molecule has 0 amide bonds. The number of aryl methyl sites for hydroxylation is 1. The Morgan fingerprint density at radius 2 is 2.12 bits per heavy atom. The van der Waals surface area contributed by atoms with Crippen LogP contribution in [0.2, 0.25) is 0 Å². The van der Waals surface area contributed by atoms with Gasteiger partial charge in [-0.25, -0.2) is 0 Å². The fraction of sp³-hybridized carbons (Fsp3) is 0.357. The van der Waals surface area contributed by atoms with E-state index in [1.807, 2.05) is 24.8 Å². The van der Waals surface area contributed by atoms with Crippen LogP contribution in [0, 0.1) is 6.92 Å². The zero-order valence-corrected chi connectivity index (χ0v) is 11.2. The van der Waals surface area contributed by atoms with Crippen molar-refractivity contribution >= 4 is 28.4 Å². The molecular weight excluding hydrogens is 228 g/mol. The lowest BCUT2D eigenvalue weighted by Crippen LogP contribution is -2.03. The van der Waals surface area contributed by atoms with Gasteiger partial charge in [-0.2, -0.15) is 11.8 Å². The summed E-state index contributed by atoms with van der Waals surface area (Å²) in [6, 6.07) is 10.4. The largest absolute Gasteiger partial charge is 0.384 e. The summed E-state index contributed by atoms with van der Waals surface area (Å²) in [4.78, 5) is 4.54. The molecule has 0 unspecified atom stereocenters. The molecule has 0 aliphatic carbocycles. The Morgan fingerprint density at radius 1 is 1.29 bits per heavy atom. The average Bonchev–Trinajstić information content (AvgIpc) is 2.34. The van der Waals surface area contributed by atoms with Crippen molar-refractivity contribution in [3.63, 3.8) is 0 Å². The number of rotatable bonds is 5. The molecule has 3 heteroatoms. The van der Waals surface area contributed by atoms with Gasteiger partial charge in [0, 0.05) is 23.3 Å². The van der Waals surface area contributed by atoms with Gasteiger partial charge in [0.1, 0.15) is 0 Å². The van der Waals surface area contributed by atoms with Crippen LogP contribution in [0.25, 0.3) is 10.9 Å². The second-order valence-corrected chi connectivity index (χ2v) is 5.09. The highest BCUT2D eigenvalue weighted by Crippen LogP contribution is 2.22. The van der Waals surface area contributed by atoms with Crippen molar-refractivity contribution in [2.24, 2.45) is 0 Å². The minimum absolute atomic E-state index is 1.02. The smallest absolute Gasteiger partial charge is 0.0725 e. The molecule has 1 aromatic carbocycles. The Bertz CT molecular complexity index is 497. The van der Waals surface area contributed by atoms with Gasteiger partial charge in [-0.15, -0.1) is 0 Å². The van der Waals surface area contributed by atoms with E-state index in [-0.39, 0.29) is 0 Å². The summed E-state index contributed by atoms with van der Waals surface area (Å²) in [5, 5.41) is 4.72. The number of hydrogen-bond donors (Lipinski definition) is 1. The van der Waals surface area contributed by atoms with Crippen molar-refractivity contribution < 1.29 is 0 Å². The lowest BCUT2D eigenvalue weighted by molar-refractivity contribution is 0.994. The molecule has 1 N–H and O–H groups in total. The van der Waals surface area contributed by atoms with E-state index in [0.29, 0.717) is 0 Å². The maximum Gasteiger partial charge on any atom is 0.0725 e. The fourth-order valence-electron chi connectivity index (χ4n) is 1.89. The van der Waals surface area contributed by atoms with Gasteiger partial charge in [0.05, 0.1) is 5.52 Å². The molecule has 0 saturated heterocycles. The predicted octanol–water partition coefficient (Wildman–Crippen LogP) is 3.71. The Hall–Kier alpha value is -1.22. The number of benzene rings is 1. The molecule has 0 saturated carbocycles. The van der Waals surface area contributed by atoms with Crippen molar-refractivity contribution in [3.05, 3.63) is 36.0 Å². The highest BCUT2D eigenvalue weighted by atomic mass is 32.2. The van der Waals surface area contributed by atoms with E-state index in [4.69, 9.17) is 0 Å². The molecule has 2 aromatic rings. The molecule has 2 rings (SSSR count). The summed E-state index contributed by atoms with van der Waals surface area (Å²) in [5.74, 6) is 1.20. The van der Waals surface area contributed by atoms with Crippen molar-refractivity contribution in [1.82, 2.24) is 4.98 Å². The van der Waals surface area contributed by atoms with E-state index in [9.17, 15) is 0 Å². The molecular formula is C14H18N2S. The first kappa shape index (κ1) is 12.2. The minimum Gasteiger partial charge on any atom is -0.384 e. The van der Waals surface area contributed by atoms with Gasteiger partial charge in [0.25, 0.3) is 0 Å². The van der Waals surface area contributed by atoms with Gasteiger partial charge >= 0.3 is 0 Å². The first-order valence-corrected chi connectivity index (χ1v) is 7.30. The molecule has 0 aliphatic heterocycles. The fourth-order valence-corrected chi connectivity index (χ4v) is 2.33. The summed E-state index contributed by atoms with van der Waals surface area (Å²) in [6.07, 6.45) is 3.34. The van der Waals surface area contributed by atoms with Gasteiger partial charge in [0.15, 0.2) is 0 Å². The number of nitrogens with zero attached hydrogens (tertiary/aromatic N) is 1. The first-order valence-electron chi connectivity index (χ1n) is 5.90. The standard InChI is InChI=1S/C14H18N2S/c1-11-10-14(15-8-5-9-17-2)12-6-3-4-7-13(12)16-11/h3-4,6-7,10H,5,8-9H2,1-2H3,(H,15,16). The van der Waals surface area contributed by atoms with Crippen LogP contribution in [0.3, 0.4) is 0 Å². The lowest BCUT2D eigenvalue weighted by atomic mass is 10.1. The molecule has 0 radical (unpaired) electrons. The molecule has 0 bridgehead atoms. The summed E-state index contributed by atoms with van der Waals surface area (Å²) in [5.41, 5.74) is 3.34. The number of aromatic nitrogens is 1. The molecule has 0 fully saturated rings. The third kappa shape index (κ3) is 3.13. The van der Waals surface area contributed by atoms with Crippen LogP contribution < -0.4 is 5.32 Å². The normalized spacial score (nSPS) is 10.7. The molecule has 0 aliphatic rings. The molecule has 1 aromatic heterocycles. The van der Waals surface area contributed by atoms with Gasteiger partial charge in [0.2, 0.25) is 0 Å². The molecule has 1 heterocycles. The van der Waals surface area contributed by atoms with Crippen LogP contribution in [-0.4, -0.2) is 23.5 Å². The lowest BCUT2D eigenvalue weighted by Gasteiger charge is -2.10. The molecule has 0 spiro atoms. The average molecular weight is 246 g/mol. The number of anilines is 1. The second kappa shape index (κ2) is 5.92. The summed E-state index contributed by atoms with van der Waals surface area (Å²) < 4.78 is 0. The van der Waals surface area contributed by atoms with E-state index in [1.54, 1.807) is 0 Å². The van der Waals surface area contributed by atoms with Crippen molar-refractivity contribution in [2.75, 3.05) is 23.9 Å². The van der Waals surface area contributed by atoms with Crippen LogP contribution in [0.4, 0.5) is 5.69 Å². The topological polar surface area (TPSA) is 24.9 Å². The van der Waals surface area contributed by atoms with Gasteiger partial charge in [-0.3, -0.25) is 4.98 Å². The Labute approximate surface area is 107 Å². The number of nitrogens with one attached hydrogen (secondary N) is 1. The molecule has 0 atom stereocenters. The highest BCUT2D eigenvalue weighted by Gasteiger charge is 2.02. The monoisotopic (exact) mass is 246 g/mol. The Kier molecular flexibility index (Phi) is 4.26. The Morgan fingerprint density at radius 3 is 2.94 bits per heavy atom. The van der Waals surface area contributed by atoms with Crippen molar-refractivity contribution in [1.29, 1.82) is 0 Å². The maximum atomic E-state index is 4.54. The molecule has 17 heavy (non-hydrogen) atoms. The summed E-state index contributed by atoms with van der Waals surface area (Å²) >= 11 is 1.89. The van der Waals surface area contributed by atoms with Gasteiger partial charge in [-0.1, -0.05) is 18.2 Å². The van der Waals surface area contributed by atoms with Crippen molar-refractivity contribution in [2.45, 2.75) is 13.3 Å². The van der Waals surface area contributed by atoms with E-state index < -0.39 is 0 Å². The first-order chi connectivity index (χ1) is 8.31. The third-order valence-electron chi connectivity index (χ3n) is 2.68. The SMILES string of the molecule is CSCCCNc1cc(C)nc2ccccc12. The number of hydrogen-bond acceptors (Lipinski definition) is 3. The van der Waals surface area contributed by atoms with Crippen LogP contribution in [0.1, 0.15) is 12.1 Å². The van der Waals surface area contributed by atoms with E-state index in [0.717, 1.165) is 17.8 Å². The Balaban J connectivity index is 2.20. The zero-order valence-electron chi connectivity index (χ0n) is 10.4. The van der Waals surface area contributed by atoms with E-state index >= 15 is 0 Å². The van der Waals surface area contributed by atoms with E-state index in [2.05, 4.69) is 40.8 Å². The van der Waals surface area contributed by atoms with Gasteiger partial charge < -0.3 is 5.32 Å². The number of para-hydroxylation sites is 1. The zero-order chi connectivity index (χ0) is 12.1. The summed E-state index contributed by atoms with van der Waals surface area (Å²) in [7, 11) is 0. The molecule has 90 valence electrons. The van der Waals surface area contributed by atoms with Crippen LogP contribution in [-0.2, 0) is 0 Å². The number of pyridine rings is 1. The number of fused-ring (bicyclic) bond motifs is 1. The second-order valence-electron chi connectivity index (χ2n) is 4.10. The summed E-state index contributed by atoms with van der Waals surface area (Å²) in [6.45, 7) is 3.06. The third-order valence-corrected chi connectivity index (χ3v) is 3.38. The quantitative estimate of drug-likeness (QED) is 0.814. The minimum atomic E-state index is 1.02. The maximum absolute atomic E-state index is 4.54. The van der Waals surface area contributed by atoms with Gasteiger partial charge in [-0.05, 0) is 37.5 Å². The predicted molar refractivity (Wildman–Crippen MR) is 78.0 cm³/mol. The van der Waals surface area contributed by atoms with Crippen molar-refractivity contribution in [3.8, 4) is 0 Å². The van der Waals surface area contributed by atoms with Crippen LogP contribution in [0.15, 0.2) is 30.3 Å². The molecule has 2 nitrogen and oxygen atoms in total. The van der Waals surface area contributed by atoms with Crippen LogP contribution in [0.5, 0.6) is 0 Å².